The van der Waals surface area contributed by atoms with E-state index >= 15 is 0 Å². The summed E-state index contributed by atoms with van der Waals surface area (Å²) in [6.45, 7) is 13.9. The number of guanidine groups is 1. The molecule has 0 saturated carbocycles. The van der Waals surface area contributed by atoms with Gasteiger partial charge in [0, 0.05) is 30.6 Å². The molecule has 0 spiro atoms. The Morgan fingerprint density at radius 3 is 2.42 bits per heavy atom. The van der Waals surface area contributed by atoms with Crippen LogP contribution >= 0.6 is 35.6 Å². The van der Waals surface area contributed by atoms with Crippen LogP contribution in [0.2, 0.25) is 5.02 Å². The molecule has 5 nitrogen and oxygen atoms in total. The van der Waals surface area contributed by atoms with Crippen molar-refractivity contribution in [3.8, 4) is 0 Å². The lowest BCUT2D eigenvalue weighted by Gasteiger charge is -2.62. The minimum atomic E-state index is -0.170. The van der Waals surface area contributed by atoms with Gasteiger partial charge in [-0.25, -0.2) is 0 Å². The van der Waals surface area contributed by atoms with E-state index in [1.807, 2.05) is 6.07 Å². The van der Waals surface area contributed by atoms with Gasteiger partial charge >= 0.3 is 0 Å². The third-order valence-electron chi connectivity index (χ3n) is 5.25. The van der Waals surface area contributed by atoms with E-state index in [1.165, 1.54) is 0 Å². The fourth-order valence-electron chi connectivity index (χ4n) is 2.87. The molecule has 1 amide bonds. The fraction of sp³-hybridized carbons (Fsp3) is 0.579. The van der Waals surface area contributed by atoms with Crippen LogP contribution in [0.3, 0.4) is 0 Å². The van der Waals surface area contributed by atoms with Gasteiger partial charge in [-0.05, 0) is 32.9 Å². The molecule has 0 bridgehead atoms. The Hall–Kier alpha value is -1.02. The maximum Gasteiger partial charge on any atom is 0.252 e. The van der Waals surface area contributed by atoms with Gasteiger partial charge in [0.2, 0.25) is 0 Å². The molecule has 0 aromatic heterocycles. The Bertz CT molecular complexity index is 661. The number of rotatable bonds is 5. The third-order valence-corrected chi connectivity index (χ3v) is 5.58. The molecule has 0 aliphatic carbocycles. The molecule has 0 atom stereocenters. The summed E-state index contributed by atoms with van der Waals surface area (Å²) in [7, 11) is 0. The van der Waals surface area contributed by atoms with Crippen molar-refractivity contribution in [2.75, 3.05) is 26.2 Å². The molecule has 1 heterocycles. The monoisotopic (exact) mass is 492 g/mol. The van der Waals surface area contributed by atoms with Crippen molar-refractivity contribution >= 4 is 47.4 Å². The molecule has 146 valence electrons. The number of benzene rings is 1. The summed E-state index contributed by atoms with van der Waals surface area (Å²) in [5.41, 5.74) is 0.793. The van der Waals surface area contributed by atoms with Gasteiger partial charge in [0.15, 0.2) is 5.96 Å². The summed E-state index contributed by atoms with van der Waals surface area (Å²) in [4.78, 5) is 19.1. The van der Waals surface area contributed by atoms with Gasteiger partial charge < -0.3 is 15.5 Å². The molecular weight excluding hydrogens is 463 g/mol. The molecule has 1 aromatic rings. The zero-order chi connectivity index (χ0) is 18.7. The van der Waals surface area contributed by atoms with E-state index in [-0.39, 0.29) is 40.8 Å². The van der Waals surface area contributed by atoms with Crippen molar-refractivity contribution in [3.63, 3.8) is 0 Å². The van der Waals surface area contributed by atoms with Crippen molar-refractivity contribution in [1.29, 1.82) is 0 Å². The van der Waals surface area contributed by atoms with E-state index in [0.717, 1.165) is 19.0 Å². The van der Waals surface area contributed by atoms with E-state index in [2.05, 4.69) is 55.1 Å². The Balaban J connectivity index is 0.00000338. The first-order valence-corrected chi connectivity index (χ1v) is 9.17. The zero-order valence-corrected chi connectivity index (χ0v) is 19.3. The first-order valence-electron chi connectivity index (χ1n) is 8.79. The van der Waals surface area contributed by atoms with Crippen LogP contribution < -0.4 is 10.6 Å². The first kappa shape index (κ1) is 23.0. The lowest BCUT2D eigenvalue weighted by atomic mass is 9.65. The van der Waals surface area contributed by atoms with Gasteiger partial charge in [-0.2, -0.15) is 0 Å². The SMILES string of the molecule is CCNC(=NCCNC(=O)c1ccccc1Cl)N1CC(C)(C)C1(C)C.I. The van der Waals surface area contributed by atoms with Gasteiger partial charge in [-0.15, -0.1) is 24.0 Å². The summed E-state index contributed by atoms with van der Waals surface area (Å²) in [6.07, 6.45) is 0. The second-order valence-electron chi connectivity index (χ2n) is 7.50. The Morgan fingerprint density at radius 2 is 1.88 bits per heavy atom. The lowest BCUT2D eigenvalue weighted by molar-refractivity contribution is -0.0667. The second kappa shape index (κ2) is 9.26. The quantitative estimate of drug-likeness (QED) is 0.285. The number of nitrogens with zero attached hydrogens (tertiary/aromatic N) is 2. The normalized spacial score (nSPS) is 17.8. The third kappa shape index (κ3) is 4.82. The molecule has 2 rings (SSSR count). The molecule has 1 saturated heterocycles. The topological polar surface area (TPSA) is 56.7 Å². The van der Waals surface area contributed by atoms with Gasteiger partial charge in [0.05, 0.1) is 17.1 Å². The molecule has 1 aliphatic heterocycles. The van der Waals surface area contributed by atoms with E-state index in [0.29, 0.717) is 23.7 Å². The maximum absolute atomic E-state index is 12.2. The highest BCUT2D eigenvalue weighted by Crippen LogP contribution is 2.46. The maximum atomic E-state index is 12.2. The van der Waals surface area contributed by atoms with Crippen LogP contribution in [0.5, 0.6) is 0 Å². The van der Waals surface area contributed by atoms with Gasteiger partial charge in [-0.1, -0.05) is 37.6 Å². The van der Waals surface area contributed by atoms with Crippen molar-refractivity contribution in [1.82, 2.24) is 15.5 Å². The summed E-state index contributed by atoms with van der Waals surface area (Å²) < 4.78 is 0. The Labute approximate surface area is 179 Å². The Morgan fingerprint density at radius 1 is 1.23 bits per heavy atom. The van der Waals surface area contributed by atoms with Crippen LogP contribution in [-0.4, -0.2) is 48.5 Å². The van der Waals surface area contributed by atoms with Crippen molar-refractivity contribution in [2.45, 2.75) is 40.2 Å². The highest BCUT2D eigenvalue weighted by atomic mass is 127. The first-order chi connectivity index (χ1) is 11.7. The molecule has 26 heavy (non-hydrogen) atoms. The van der Waals surface area contributed by atoms with Crippen molar-refractivity contribution in [2.24, 2.45) is 10.4 Å². The average Bonchev–Trinajstić information content (AvgIpc) is 2.56. The number of hydrogen-bond donors (Lipinski definition) is 2. The summed E-state index contributed by atoms with van der Waals surface area (Å²) >= 11 is 6.04. The fourth-order valence-corrected chi connectivity index (χ4v) is 3.09. The summed E-state index contributed by atoms with van der Waals surface area (Å²) in [5.74, 6) is 0.732. The van der Waals surface area contributed by atoms with Crippen LogP contribution in [0.15, 0.2) is 29.3 Å². The largest absolute Gasteiger partial charge is 0.356 e. The number of carbonyl (C=O) groups excluding carboxylic acids is 1. The number of amides is 1. The summed E-state index contributed by atoms with van der Waals surface area (Å²) in [5, 5.41) is 6.68. The van der Waals surface area contributed by atoms with Crippen LogP contribution in [0.4, 0.5) is 0 Å². The van der Waals surface area contributed by atoms with E-state index in [1.54, 1.807) is 18.2 Å². The number of carbonyl (C=O) groups is 1. The number of likely N-dealkylation sites (tertiary alicyclic amines) is 1. The van der Waals surface area contributed by atoms with Crippen molar-refractivity contribution in [3.05, 3.63) is 34.9 Å². The molecule has 2 N–H and O–H groups in total. The minimum Gasteiger partial charge on any atom is -0.356 e. The second-order valence-corrected chi connectivity index (χ2v) is 7.91. The van der Waals surface area contributed by atoms with Crippen molar-refractivity contribution < 1.29 is 4.79 Å². The molecule has 1 aliphatic rings. The zero-order valence-electron chi connectivity index (χ0n) is 16.2. The Kier molecular flexibility index (Phi) is 8.20. The number of hydrogen-bond acceptors (Lipinski definition) is 2. The van der Waals surface area contributed by atoms with Gasteiger partial charge in [-0.3, -0.25) is 9.79 Å². The molecule has 1 aromatic carbocycles. The average molecular weight is 493 g/mol. The van der Waals surface area contributed by atoms with Gasteiger partial charge in [0.1, 0.15) is 0 Å². The van der Waals surface area contributed by atoms with E-state index < -0.39 is 0 Å². The predicted octanol–water partition coefficient (Wildman–Crippen LogP) is 3.77. The molecule has 0 unspecified atom stereocenters. The van der Waals surface area contributed by atoms with Gasteiger partial charge in [0.25, 0.3) is 5.91 Å². The number of nitrogens with one attached hydrogen (secondary N) is 2. The number of aliphatic imine (C=N–C) groups is 1. The summed E-state index contributed by atoms with van der Waals surface area (Å²) in [6, 6.07) is 7.04. The molecule has 7 heteroatoms. The standard InChI is InChI=1S/C19H29ClN4O.HI/c1-6-21-17(24-13-18(2,3)19(24,4)5)23-12-11-22-16(25)14-9-7-8-10-15(14)20;/h7-10H,6,11-13H2,1-5H3,(H,21,23)(H,22,25);1H. The van der Waals surface area contributed by atoms with Crippen LogP contribution in [0, 0.1) is 5.41 Å². The van der Waals surface area contributed by atoms with Crippen LogP contribution in [0.25, 0.3) is 0 Å². The minimum absolute atomic E-state index is 0. The number of halogens is 2. The van der Waals surface area contributed by atoms with Crippen LogP contribution in [0.1, 0.15) is 45.0 Å². The lowest BCUT2D eigenvalue weighted by Crippen LogP contribution is -2.72. The molecular formula is C19H30ClIN4O. The van der Waals surface area contributed by atoms with E-state index in [4.69, 9.17) is 11.6 Å². The molecule has 1 fully saturated rings. The smallest absolute Gasteiger partial charge is 0.252 e. The van der Waals surface area contributed by atoms with E-state index in [9.17, 15) is 4.79 Å². The highest BCUT2D eigenvalue weighted by Gasteiger charge is 2.53. The predicted molar refractivity (Wildman–Crippen MR) is 120 cm³/mol. The molecule has 0 radical (unpaired) electrons. The highest BCUT2D eigenvalue weighted by molar-refractivity contribution is 14.0. The van der Waals surface area contributed by atoms with Crippen LogP contribution in [-0.2, 0) is 0 Å².